The number of aliphatic hydroxyl groups is 2. The summed E-state index contributed by atoms with van der Waals surface area (Å²) >= 11 is 0. The number of Topliss-reactive ketones (excluding diaryl/α,β-unsaturated/α-hetero) is 1. The number of hydrogen-bond donors (Lipinski definition) is 2. The Hall–Kier alpha value is -0.410. The maximum atomic E-state index is 10.1. The highest BCUT2D eigenvalue weighted by Crippen LogP contribution is 1.90. The second-order valence-electron chi connectivity index (χ2n) is 1.62. The summed E-state index contributed by atoms with van der Waals surface area (Å²) in [4.78, 5) is 10.1. The molecule has 0 aliphatic carbocycles. The Morgan fingerprint density at radius 1 is 1.62 bits per heavy atom. The SMILES string of the molecule is [CH2]C(O)C(O)C(C)=O. The first-order valence-electron chi connectivity index (χ1n) is 2.25. The Balaban J connectivity index is 3.64. The summed E-state index contributed by atoms with van der Waals surface area (Å²) in [7, 11) is 0. The topological polar surface area (TPSA) is 57.5 Å². The molecular formula is C5H9O3. The van der Waals surface area contributed by atoms with Crippen LogP contribution in [0.4, 0.5) is 0 Å². The number of carbonyl (C=O) groups excluding carboxylic acids is 1. The van der Waals surface area contributed by atoms with Crippen LogP contribution in [0.15, 0.2) is 0 Å². The number of rotatable bonds is 2. The Morgan fingerprint density at radius 3 is 2.00 bits per heavy atom. The molecule has 0 aromatic carbocycles. The molecule has 0 aliphatic heterocycles. The molecule has 0 saturated carbocycles. The van der Waals surface area contributed by atoms with Crippen LogP contribution in [-0.4, -0.2) is 28.2 Å². The molecule has 2 N–H and O–H groups in total. The van der Waals surface area contributed by atoms with Gasteiger partial charge in [0, 0.05) is 0 Å². The lowest BCUT2D eigenvalue weighted by molar-refractivity contribution is -0.128. The number of carbonyl (C=O) groups is 1. The highest BCUT2D eigenvalue weighted by atomic mass is 16.3. The molecule has 2 unspecified atom stereocenters. The molecule has 3 heteroatoms. The summed E-state index contributed by atoms with van der Waals surface area (Å²) in [6.45, 7) is 4.24. The molecule has 0 aromatic heterocycles. The van der Waals surface area contributed by atoms with Crippen molar-refractivity contribution in [3.8, 4) is 0 Å². The predicted molar refractivity (Wildman–Crippen MR) is 28.1 cm³/mol. The van der Waals surface area contributed by atoms with Crippen LogP contribution >= 0.6 is 0 Å². The Kier molecular flexibility index (Phi) is 2.65. The number of aliphatic hydroxyl groups excluding tert-OH is 2. The van der Waals surface area contributed by atoms with Gasteiger partial charge in [0.15, 0.2) is 5.78 Å². The van der Waals surface area contributed by atoms with Gasteiger partial charge in [-0.1, -0.05) is 0 Å². The largest absolute Gasteiger partial charge is 0.390 e. The fraction of sp³-hybridized carbons (Fsp3) is 0.600. The molecule has 2 atom stereocenters. The van der Waals surface area contributed by atoms with Gasteiger partial charge >= 0.3 is 0 Å². The van der Waals surface area contributed by atoms with Crippen molar-refractivity contribution in [3.63, 3.8) is 0 Å². The third kappa shape index (κ3) is 2.04. The smallest absolute Gasteiger partial charge is 0.160 e. The highest BCUT2D eigenvalue weighted by molar-refractivity contribution is 5.80. The Labute approximate surface area is 47.9 Å². The zero-order chi connectivity index (χ0) is 6.73. The van der Waals surface area contributed by atoms with Crippen molar-refractivity contribution in [2.45, 2.75) is 19.1 Å². The molecule has 0 rings (SSSR count). The van der Waals surface area contributed by atoms with E-state index in [-0.39, 0.29) is 0 Å². The number of ketones is 1. The predicted octanol–water partition coefficient (Wildman–Crippen LogP) is -0.869. The van der Waals surface area contributed by atoms with Gasteiger partial charge in [-0.25, -0.2) is 0 Å². The van der Waals surface area contributed by atoms with Gasteiger partial charge in [0.05, 0.1) is 6.10 Å². The Bertz CT molecular complexity index is 87.7. The van der Waals surface area contributed by atoms with Crippen molar-refractivity contribution < 1.29 is 15.0 Å². The van der Waals surface area contributed by atoms with Crippen LogP contribution in [0, 0.1) is 6.92 Å². The quantitative estimate of drug-likeness (QED) is 0.494. The van der Waals surface area contributed by atoms with E-state index in [1.54, 1.807) is 0 Å². The van der Waals surface area contributed by atoms with Crippen LogP contribution < -0.4 is 0 Å². The third-order valence-electron chi connectivity index (χ3n) is 0.781. The lowest BCUT2D eigenvalue weighted by Crippen LogP contribution is -2.29. The molecule has 0 saturated heterocycles. The fourth-order valence-electron chi connectivity index (χ4n) is 0.271. The van der Waals surface area contributed by atoms with Crippen LogP contribution in [-0.2, 0) is 4.79 Å². The lowest BCUT2D eigenvalue weighted by Gasteiger charge is -2.07. The van der Waals surface area contributed by atoms with Gasteiger partial charge in [-0.05, 0) is 13.8 Å². The zero-order valence-electron chi connectivity index (χ0n) is 4.66. The van der Waals surface area contributed by atoms with E-state index in [1.807, 2.05) is 0 Å². The highest BCUT2D eigenvalue weighted by Gasteiger charge is 2.14. The van der Waals surface area contributed by atoms with Crippen molar-refractivity contribution in [2.75, 3.05) is 0 Å². The van der Waals surface area contributed by atoms with Crippen LogP contribution in [0.5, 0.6) is 0 Å². The van der Waals surface area contributed by atoms with Crippen molar-refractivity contribution in [1.29, 1.82) is 0 Å². The minimum Gasteiger partial charge on any atom is -0.390 e. The van der Waals surface area contributed by atoms with E-state index in [2.05, 4.69) is 6.92 Å². The van der Waals surface area contributed by atoms with Crippen LogP contribution in [0.25, 0.3) is 0 Å². The molecule has 0 aromatic rings. The van der Waals surface area contributed by atoms with E-state index in [4.69, 9.17) is 10.2 Å². The summed E-state index contributed by atoms with van der Waals surface area (Å²) in [5, 5.41) is 17.0. The first-order chi connectivity index (χ1) is 3.55. The van der Waals surface area contributed by atoms with Gasteiger partial charge in [0.25, 0.3) is 0 Å². The van der Waals surface area contributed by atoms with Gasteiger partial charge in [-0.2, -0.15) is 0 Å². The molecule has 0 heterocycles. The second-order valence-corrected chi connectivity index (χ2v) is 1.62. The van der Waals surface area contributed by atoms with E-state index in [0.29, 0.717) is 0 Å². The summed E-state index contributed by atoms with van der Waals surface area (Å²) in [5.74, 6) is -0.465. The average molecular weight is 117 g/mol. The maximum Gasteiger partial charge on any atom is 0.160 e. The second kappa shape index (κ2) is 2.79. The first-order valence-corrected chi connectivity index (χ1v) is 2.25. The molecule has 0 spiro atoms. The van der Waals surface area contributed by atoms with Crippen LogP contribution in [0.3, 0.4) is 0 Å². The molecule has 0 fully saturated rings. The van der Waals surface area contributed by atoms with Crippen molar-refractivity contribution in [1.82, 2.24) is 0 Å². The summed E-state index contributed by atoms with van der Waals surface area (Å²) in [6, 6.07) is 0. The van der Waals surface area contributed by atoms with Crippen LogP contribution in [0.1, 0.15) is 6.92 Å². The first kappa shape index (κ1) is 7.59. The molecule has 0 aliphatic rings. The molecule has 0 bridgehead atoms. The minimum absolute atomic E-state index is 0.465. The molecule has 3 nitrogen and oxygen atoms in total. The third-order valence-corrected chi connectivity index (χ3v) is 0.781. The molecular weight excluding hydrogens is 108 g/mol. The van der Waals surface area contributed by atoms with Crippen molar-refractivity contribution in [2.24, 2.45) is 0 Å². The zero-order valence-corrected chi connectivity index (χ0v) is 4.66. The normalized spacial score (nSPS) is 17.5. The summed E-state index contributed by atoms with van der Waals surface area (Å²) < 4.78 is 0. The van der Waals surface area contributed by atoms with Gasteiger partial charge < -0.3 is 10.2 Å². The van der Waals surface area contributed by atoms with Gasteiger partial charge in [0.2, 0.25) is 0 Å². The van der Waals surface area contributed by atoms with Gasteiger partial charge in [-0.3, -0.25) is 4.79 Å². The van der Waals surface area contributed by atoms with E-state index in [9.17, 15) is 4.79 Å². The van der Waals surface area contributed by atoms with Crippen molar-refractivity contribution >= 4 is 5.78 Å². The van der Waals surface area contributed by atoms with Crippen LogP contribution in [0.2, 0.25) is 0 Å². The molecule has 47 valence electrons. The Morgan fingerprint density at radius 2 is 2.00 bits per heavy atom. The lowest BCUT2D eigenvalue weighted by atomic mass is 10.2. The van der Waals surface area contributed by atoms with Gasteiger partial charge in [-0.15, -0.1) is 0 Å². The average Bonchev–Trinajstić information content (AvgIpc) is 1.64. The van der Waals surface area contributed by atoms with E-state index in [1.165, 1.54) is 6.92 Å². The van der Waals surface area contributed by atoms with E-state index < -0.39 is 18.0 Å². The fourth-order valence-corrected chi connectivity index (χ4v) is 0.271. The molecule has 0 amide bonds. The van der Waals surface area contributed by atoms with E-state index >= 15 is 0 Å². The summed E-state index contributed by atoms with van der Waals surface area (Å²) in [5.41, 5.74) is 0. The monoisotopic (exact) mass is 117 g/mol. The standard InChI is InChI=1S/C5H9O3/c1-3(6)5(8)4(2)7/h3,5-6,8H,1H2,2H3. The van der Waals surface area contributed by atoms with Gasteiger partial charge in [0.1, 0.15) is 6.10 Å². The van der Waals surface area contributed by atoms with Crippen molar-refractivity contribution in [3.05, 3.63) is 6.92 Å². The maximum absolute atomic E-state index is 10.1. The van der Waals surface area contributed by atoms with E-state index in [0.717, 1.165) is 0 Å². The number of hydrogen-bond acceptors (Lipinski definition) is 3. The summed E-state index contributed by atoms with van der Waals surface area (Å²) in [6.07, 6.45) is -2.53. The minimum atomic E-state index is -1.32. The molecule has 1 radical (unpaired) electrons. The molecule has 8 heavy (non-hydrogen) atoms.